The summed E-state index contributed by atoms with van der Waals surface area (Å²) < 4.78 is 13.3. The second-order valence-electron chi connectivity index (χ2n) is 4.63. The molecule has 0 bridgehead atoms. The van der Waals surface area contributed by atoms with E-state index in [0.717, 1.165) is 18.4 Å². The number of benzene rings is 1. The predicted molar refractivity (Wildman–Crippen MR) is 73.8 cm³/mol. The molecule has 1 aromatic heterocycles. The summed E-state index contributed by atoms with van der Waals surface area (Å²) in [6.07, 6.45) is 5.32. The Bertz CT molecular complexity index is 528. The first-order chi connectivity index (χ1) is 9.20. The van der Waals surface area contributed by atoms with Crippen molar-refractivity contribution < 1.29 is 4.39 Å². The molecule has 2 aromatic rings. The van der Waals surface area contributed by atoms with Crippen molar-refractivity contribution in [2.75, 3.05) is 0 Å². The lowest BCUT2D eigenvalue weighted by molar-refractivity contribution is 0.514. The fourth-order valence-corrected chi connectivity index (χ4v) is 2.09. The van der Waals surface area contributed by atoms with E-state index < -0.39 is 0 Å². The van der Waals surface area contributed by atoms with E-state index in [9.17, 15) is 4.39 Å². The topological polar surface area (TPSA) is 50.9 Å². The molecule has 0 aliphatic heterocycles. The zero-order valence-electron chi connectivity index (χ0n) is 10.9. The minimum Gasteiger partial charge on any atom is -0.271 e. The number of nitrogens with two attached hydrogens (primary N) is 1. The average Bonchev–Trinajstić information content (AvgIpc) is 2.44. The van der Waals surface area contributed by atoms with E-state index >= 15 is 0 Å². The Hall–Kier alpha value is -1.78. The van der Waals surface area contributed by atoms with E-state index in [1.165, 1.54) is 11.6 Å². The Balaban J connectivity index is 2.05. The van der Waals surface area contributed by atoms with Gasteiger partial charge in [0, 0.05) is 18.4 Å². The van der Waals surface area contributed by atoms with E-state index in [1.807, 2.05) is 24.4 Å². The molecule has 1 unspecified atom stereocenters. The van der Waals surface area contributed by atoms with Crippen LogP contribution < -0.4 is 11.3 Å². The number of aryl methyl sites for hydroxylation is 2. The van der Waals surface area contributed by atoms with Gasteiger partial charge in [0.05, 0.1) is 0 Å². The number of aromatic nitrogens is 1. The van der Waals surface area contributed by atoms with Gasteiger partial charge in [-0.25, -0.2) is 4.39 Å². The van der Waals surface area contributed by atoms with Gasteiger partial charge >= 0.3 is 0 Å². The lowest BCUT2D eigenvalue weighted by Gasteiger charge is -2.17. The predicted octanol–water partition coefficient (Wildman–Crippen LogP) is 2.67. The van der Waals surface area contributed by atoms with E-state index in [4.69, 9.17) is 5.84 Å². The third-order valence-corrected chi connectivity index (χ3v) is 3.23. The summed E-state index contributed by atoms with van der Waals surface area (Å²) in [7, 11) is 0. The van der Waals surface area contributed by atoms with Crippen LogP contribution in [-0.2, 0) is 6.42 Å². The van der Waals surface area contributed by atoms with Crippen LogP contribution in [0.25, 0.3) is 0 Å². The minimum atomic E-state index is -0.188. The maximum atomic E-state index is 13.3. The van der Waals surface area contributed by atoms with Crippen LogP contribution in [0.15, 0.2) is 42.7 Å². The number of rotatable bonds is 5. The molecule has 0 aliphatic rings. The first-order valence-corrected chi connectivity index (χ1v) is 6.32. The van der Waals surface area contributed by atoms with Gasteiger partial charge in [-0.3, -0.25) is 16.3 Å². The highest BCUT2D eigenvalue weighted by Gasteiger charge is 2.11. The van der Waals surface area contributed by atoms with Gasteiger partial charge in [-0.2, -0.15) is 0 Å². The fraction of sp³-hybridized carbons (Fsp3) is 0.267. The summed E-state index contributed by atoms with van der Waals surface area (Å²) in [5.74, 6) is 5.41. The number of halogens is 1. The van der Waals surface area contributed by atoms with E-state index in [0.29, 0.717) is 5.56 Å². The van der Waals surface area contributed by atoms with Crippen molar-refractivity contribution in [3.8, 4) is 0 Å². The summed E-state index contributed by atoms with van der Waals surface area (Å²) in [6.45, 7) is 1.76. The molecule has 1 atom stereocenters. The van der Waals surface area contributed by atoms with Crippen molar-refractivity contribution >= 4 is 0 Å². The van der Waals surface area contributed by atoms with Crippen LogP contribution in [0.2, 0.25) is 0 Å². The molecule has 4 heteroatoms. The van der Waals surface area contributed by atoms with Gasteiger partial charge in [-0.1, -0.05) is 18.2 Å². The van der Waals surface area contributed by atoms with E-state index in [-0.39, 0.29) is 11.9 Å². The highest BCUT2D eigenvalue weighted by Crippen LogP contribution is 2.20. The first kappa shape index (κ1) is 13.6. The molecule has 100 valence electrons. The monoisotopic (exact) mass is 259 g/mol. The molecular formula is C15H18FN3. The Morgan fingerprint density at radius 1 is 1.37 bits per heavy atom. The number of hydrogen-bond donors (Lipinski definition) is 2. The van der Waals surface area contributed by atoms with Gasteiger partial charge in [0.25, 0.3) is 0 Å². The van der Waals surface area contributed by atoms with Gasteiger partial charge in [-0.05, 0) is 48.6 Å². The normalized spacial score (nSPS) is 12.4. The lowest BCUT2D eigenvalue weighted by atomic mass is 9.98. The summed E-state index contributed by atoms with van der Waals surface area (Å²) in [5.41, 5.74) is 5.60. The van der Waals surface area contributed by atoms with Gasteiger partial charge in [0.2, 0.25) is 0 Å². The second-order valence-corrected chi connectivity index (χ2v) is 4.63. The molecule has 1 heterocycles. The molecule has 1 aromatic carbocycles. The van der Waals surface area contributed by atoms with Crippen molar-refractivity contribution in [2.24, 2.45) is 5.84 Å². The zero-order chi connectivity index (χ0) is 13.7. The van der Waals surface area contributed by atoms with Crippen LogP contribution in [0.1, 0.15) is 29.2 Å². The number of nitrogens with zero attached hydrogens (tertiary/aromatic N) is 1. The molecule has 3 N–H and O–H groups in total. The number of hydrazine groups is 1. The molecule has 19 heavy (non-hydrogen) atoms. The zero-order valence-corrected chi connectivity index (χ0v) is 10.9. The molecule has 0 saturated carbocycles. The Labute approximate surface area is 112 Å². The third-order valence-electron chi connectivity index (χ3n) is 3.23. The van der Waals surface area contributed by atoms with Crippen LogP contribution in [0, 0.1) is 12.7 Å². The summed E-state index contributed by atoms with van der Waals surface area (Å²) in [4.78, 5) is 4.09. The highest BCUT2D eigenvalue weighted by molar-refractivity contribution is 5.26. The molecule has 0 aliphatic carbocycles. The standard InChI is InChI=1S/C15H18FN3/c1-11-9-13(5-6-14(11)16)15(19-17)7-4-12-3-2-8-18-10-12/h2-3,5-6,8-10,15,19H,4,7,17H2,1H3. The van der Waals surface area contributed by atoms with Crippen molar-refractivity contribution in [1.82, 2.24) is 10.4 Å². The van der Waals surface area contributed by atoms with Gasteiger partial charge in [0.1, 0.15) is 5.82 Å². The molecule has 0 amide bonds. The van der Waals surface area contributed by atoms with Gasteiger partial charge < -0.3 is 0 Å². The van der Waals surface area contributed by atoms with Crippen molar-refractivity contribution in [2.45, 2.75) is 25.8 Å². The first-order valence-electron chi connectivity index (χ1n) is 6.32. The summed E-state index contributed by atoms with van der Waals surface area (Å²) >= 11 is 0. The quantitative estimate of drug-likeness (QED) is 0.641. The van der Waals surface area contributed by atoms with Crippen LogP contribution in [-0.4, -0.2) is 4.98 Å². The van der Waals surface area contributed by atoms with Gasteiger partial charge in [-0.15, -0.1) is 0 Å². The SMILES string of the molecule is Cc1cc(C(CCc2cccnc2)NN)ccc1F. The highest BCUT2D eigenvalue weighted by atomic mass is 19.1. The second kappa shape index (κ2) is 6.41. The van der Waals surface area contributed by atoms with Crippen molar-refractivity contribution in [3.05, 3.63) is 65.2 Å². The van der Waals surface area contributed by atoms with Crippen LogP contribution in [0.3, 0.4) is 0 Å². The average molecular weight is 259 g/mol. The van der Waals surface area contributed by atoms with Crippen LogP contribution >= 0.6 is 0 Å². The Morgan fingerprint density at radius 2 is 2.21 bits per heavy atom. The molecule has 2 rings (SSSR count). The number of hydrogen-bond acceptors (Lipinski definition) is 3. The van der Waals surface area contributed by atoms with E-state index in [2.05, 4.69) is 10.4 Å². The minimum absolute atomic E-state index is 0.0134. The molecule has 0 spiro atoms. The molecule has 3 nitrogen and oxygen atoms in total. The smallest absolute Gasteiger partial charge is 0.126 e. The van der Waals surface area contributed by atoms with Crippen LogP contribution in [0.4, 0.5) is 4.39 Å². The Kier molecular flexibility index (Phi) is 4.60. The summed E-state index contributed by atoms with van der Waals surface area (Å²) in [6, 6.07) is 9.07. The largest absolute Gasteiger partial charge is 0.271 e. The fourth-order valence-electron chi connectivity index (χ4n) is 2.09. The maximum absolute atomic E-state index is 13.3. The molecule has 0 saturated heterocycles. The van der Waals surface area contributed by atoms with Crippen molar-refractivity contribution in [1.29, 1.82) is 0 Å². The van der Waals surface area contributed by atoms with E-state index in [1.54, 1.807) is 19.2 Å². The lowest BCUT2D eigenvalue weighted by Crippen LogP contribution is -2.28. The van der Waals surface area contributed by atoms with Crippen LogP contribution in [0.5, 0.6) is 0 Å². The van der Waals surface area contributed by atoms with Gasteiger partial charge in [0.15, 0.2) is 0 Å². The number of pyridine rings is 1. The Morgan fingerprint density at radius 3 is 2.84 bits per heavy atom. The molecular weight excluding hydrogens is 241 g/mol. The molecule has 0 fully saturated rings. The van der Waals surface area contributed by atoms with Crippen molar-refractivity contribution in [3.63, 3.8) is 0 Å². The number of nitrogens with one attached hydrogen (secondary N) is 1. The molecule has 0 radical (unpaired) electrons. The summed E-state index contributed by atoms with van der Waals surface area (Å²) in [5, 5.41) is 0. The third kappa shape index (κ3) is 3.59. The maximum Gasteiger partial charge on any atom is 0.126 e.